The zero-order valence-corrected chi connectivity index (χ0v) is 15.7. The number of nitrogens with one attached hydrogen (secondary N) is 1. The van der Waals surface area contributed by atoms with Crippen molar-refractivity contribution in [2.45, 2.75) is 49.1 Å². The molecule has 4 rings (SSSR count). The molecule has 1 aromatic carbocycles. The van der Waals surface area contributed by atoms with Crippen molar-refractivity contribution in [3.05, 3.63) is 24.3 Å². The number of anilines is 1. The lowest BCUT2D eigenvalue weighted by Gasteiger charge is -2.27. The van der Waals surface area contributed by atoms with E-state index in [1.54, 1.807) is 33.5 Å². The Balaban J connectivity index is 0.00000182. The SMILES string of the molecule is Cl.O=C1CCCN1c1ccc(S(=O)(=O)N2C3CCNCC2CC3)cc1. The molecule has 3 aliphatic rings. The molecule has 3 heterocycles. The van der Waals surface area contributed by atoms with Gasteiger partial charge in [0.2, 0.25) is 15.9 Å². The molecule has 3 fully saturated rings. The van der Waals surface area contributed by atoms with Crippen LogP contribution in [0.3, 0.4) is 0 Å². The third kappa shape index (κ3) is 3.30. The highest BCUT2D eigenvalue weighted by Gasteiger charge is 2.43. The number of amides is 1. The van der Waals surface area contributed by atoms with Gasteiger partial charge in [0.1, 0.15) is 0 Å². The number of fused-ring (bicyclic) bond motifs is 2. The van der Waals surface area contributed by atoms with E-state index in [1.165, 1.54) is 0 Å². The summed E-state index contributed by atoms with van der Waals surface area (Å²) in [5.41, 5.74) is 0.789. The van der Waals surface area contributed by atoms with Crippen LogP contribution >= 0.6 is 12.4 Å². The summed E-state index contributed by atoms with van der Waals surface area (Å²) < 4.78 is 28.0. The zero-order valence-electron chi connectivity index (χ0n) is 14.1. The third-order valence-electron chi connectivity index (χ3n) is 5.38. The van der Waals surface area contributed by atoms with Gasteiger partial charge in [0.25, 0.3) is 0 Å². The summed E-state index contributed by atoms with van der Waals surface area (Å²) in [4.78, 5) is 13.9. The summed E-state index contributed by atoms with van der Waals surface area (Å²) in [6.07, 6.45) is 4.19. The topological polar surface area (TPSA) is 69.7 Å². The normalized spacial score (nSPS) is 27.2. The minimum atomic E-state index is -3.49. The number of benzene rings is 1. The van der Waals surface area contributed by atoms with Gasteiger partial charge < -0.3 is 10.2 Å². The smallest absolute Gasteiger partial charge is 0.243 e. The molecule has 0 saturated carbocycles. The Bertz CT molecular complexity index is 724. The van der Waals surface area contributed by atoms with Gasteiger partial charge in [-0.2, -0.15) is 4.31 Å². The van der Waals surface area contributed by atoms with Crippen LogP contribution in [0.15, 0.2) is 29.2 Å². The van der Waals surface area contributed by atoms with Crippen molar-refractivity contribution < 1.29 is 13.2 Å². The lowest BCUT2D eigenvalue weighted by atomic mass is 10.1. The molecule has 3 saturated heterocycles. The molecule has 2 atom stereocenters. The monoisotopic (exact) mass is 385 g/mol. The van der Waals surface area contributed by atoms with Crippen LogP contribution in [0, 0.1) is 0 Å². The van der Waals surface area contributed by atoms with Gasteiger partial charge >= 0.3 is 0 Å². The van der Waals surface area contributed by atoms with E-state index in [0.717, 1.165) is 44.5 Å². The molecule has 25 heavy (non-hydrogen) atoms. The van der Waals surface area contributed by atoms with Gasteiger partial charge in [-0.25, -0.2) is 8.42 Å². The van der Waals surface area contributed by atoms with Gasteiger partial charge in [0.05, 0.1) is 4.90 Å². The van der Waals surface area contributed by atoms with Crippen molar-refractivity contribution in [1.82, 2.24) is 9.62 Å². The van der Waals surface area contributed by atoms with E-state index in [4.69, 9.17) is 0 Å². The minimum Gasteiger partial charge on any atom is -0.315 e. The first-order chi connectivity index (χ1) is 11.6. The molecule has 0 radical (unpaired) electrons. The number of halogens is 1. The summed E-state index contributed by atoms with van der Waals surface area (Å²) in [5, 5.41) is 3.33. The molecule has 0 spiro atoms. The van der Waals surface area contributed by atoms with Crippen LogP contribution in [-0.4, -0.2) is 50.3 Å². The molecular formula is C17H24ClN3O3S. The predicted octanol–water partition coefficient (Wildman–Crippen LogP) is 1.75. The number of hydrogen-bond acceptors (Lipinski definition) is 4. The minimum absolute atomic E-state index is 0. The molecule has 6 nitrogen and oxygen atoms in total. The van der Waals surface area contributed by atoms with Crippen molar-refractivity contribution in [2.75, 3.05) is 24.5 Å². The van der Waals surface area contributed by atoms with Gasteiger partial charge in [-0.05, 0) is 56.5 Å². The molecule has 1 aromatic rings. The molecule has 0 aliphatic carbocycles. The van der Waals surface area contributed by atoms with Crippen molar-refractivity contribution in [3.8, 4) is 0 Å². The Morgan fingerprint density at radius 3 is 2.44 bits per heavy atom. The van der Waals surface area contributed by atoms with Crippen LogP contribution in [0.5, 0.6) is 0 Å². The molecular weight excluding hydrogens is 362 g/mol. The molecule has 138 valence electrons. The Hall–Kier alpha value is -1.15. The zero-order chi connectivity index (χ0) is 16.7. The van der Waals surface area contributed by atoms with Crippen molar-refractivity contribution in [2.24, 2.45) is 0 Å². The summed E-state index contributed by atoms with van der Waals surface area (Å²) in [5.74, 6) is 0.113. The lowest BCUT2D eigenvalue weighted by molar-refractivity contribution is -0.117. The van der Waals surface area contributed by atoms with Crippen LogP contribution in [0.25, 0.3) is 0 Å². The summed E-state index contributed by atoms with van der Waals surface area (Å²) in [7, 11) is -3.49. The highest BCUT2D eigenvalue weighted by atomic mass is 35.5. The van der Waals surface area contributed by atoms with E-state index in [2.05, 4.69) is 5.32 Å². The average Bonchev–Trinajstić information content (AvgIpc) is 3.10. The summed E-state index contributed by atoms with van der Waals surface area (Å²) in [6.45, 7) is 2.33. The van der Waals surface area contributed by atoms with Gasteiger partial charge in [-0.3, -0.25) is 4.79 Å². The van der Waals surface area contributed by atoms with E-state index in [0.29, 0.717) is 17.9 Å². The molecule has 2 bridgehead atoms. The van der Waals surface area contributed by atoms with E-state index in [1.807, 2.05) is 0 Å². The van der Waals surface area contributed by atoms with Gasteiger partial charge in [0, 0.05) is 37.3 Å². The average molecular weight is 386 g/mol. The van der Waals surface area contributed by atoms with E-state index in [9.17, 15) is 13.2 Å². The fraction of sp³-hybridized carbons (Fsp3) is 0.588. The number of hydrogen-bond donors (Lipinski definition) is 1. The maximum Gasteiger partial charge on any atom is 0.243 e. The molecule has 1 N–H and O–H groups in total. The van der Waals surface area contributed by atoms with Gasteiger partial charge in [-0.15, -0.1) is 12.4 Å². The van der Waals surface area contributed by atoms with Crippen molar-refractivity contribution in [3.63, 3.8) is 0 Å². The molecule has 2 unspecified atom stereocenters. The highest BCUT2D eigenvalue weighted by molar-refractivity contribution is 7.89. The second kappa shape index (κ2) is 7.23. The maximum atomic E-state index is 13.1. The van der Waals surface area contributed by atoms with Crippen molar-refractivity contribution >= 4 is 34.0 Å². The van der Waals surface area contributed by atoms with Crippen LogP contribution in [0.4, 0.5) is 5.69 Å². The highest BCUT2D eigenvalue weighted by Crippen LogP contribution is 2.34. The first-order valence-corrected chi connectivity index (χ1v) is 10.2. The first kappa shape index (κ1) is 18.6. The largest absolute Gasteiger partial charge is 0.315 e. The quantitative estimate of drug-likeness (QED) is 0.860. The lowest BCUT2D eigenvalue weighted by Crippen LogP contribution is -2.42. The summed E-state index contributed by atoms with van der Waals surface area (Å²) >= 11 is 0. The van der Waals surface area contributed by atoms with Gasteiger partial charge in [0.15, 0.2) is 0 Å². The fourth-order valence-corrected chi connectivity index (χ4v) is 6.07. The van der Waals surface area contributed by atoms with Crippen LogP contribution in [0.2, 0.25) is 0 Å². The predicted molar refractivity (Wildman–Crippen MR) is 98.6 cm³/mol. The Morgan fingerprint density at radius 1 is 1.04 bits per heavy atom. The standard InChI is InChI=1S/C17H23N3O3S.ClH/c21-17-2-1-11-19(17)13-5-7-16(8-6-13)24(22,23)20-14-3-4-15(20)12-18-10-9-14;/h5-8,14-15,18H,1-4,9-12H2;1H. The molecule has 0 aromatic heterocycles. The number of sulfonamides is 1. The first-order valence-electron chi connectivity index (χ1n) is 8.72. The van der Waals surface area contributed by atoms with E-state index < -0.39 is 10.0 Å². The molecule has 1 amide bonds. The van der Waals surface area contributed by atoms with E-state index >= 15 is 0 Å². The number of carbonyl (C=O) groups is 1. The molecule has 3 aliphatic heterocycles. The second-order valence-electron chi connectivity index (χ2n) is 6.86. The number of rotatable bonds is 3. The maximum absolute atomic E-state index is 13.1. The summed E-state index contributed by atoms with van der Waals surface area (Å²) in [6, 6.07) is 6.97. The molecule has 8 heteroatoms. The van der Waals surface area contributed by atoms with E-state index in [-0.39, 0.29) is 30.4 Å². The number of nitrogens with zero attached hydrogens (tertiary/aromatic N) is 2. The van der Waals surface area contributed by atoms with Gasteiger partial charge in [-0.1, -0.05) is 0 Å². The Kier molecular flexibility index (Phi) is 5.39. The third-order valence-corrected chi connectivity index (χ3v) is 7.40. The van der Waals surface area contributed by atoms with Crippen LogP contribution in [0.1, 0.15) is 32.1 Å². The van der Waals surface area contributed by atoms with Crippen LogP contribution < -0.4 is 10.2 Å². The van der Waals surface area contributed by atoms with Crippen LogP contribution in [-0.2, 0) is 14.8 Å². The second-order valence-corrected chi connectivity index (χ2v) is 8.70. The Morgan fingerprint density at radius 2 is 1.76 bits per heavy atom. The Labute approximate surface area is 155 Å². The van der Waals surface area contributed by atoms with Crippen molar-refractivity contribution in [1.29, 1.82) is 0 Å². The number of carbonyl (C=O) groups excluding carboxylic acids is 1. The fourth-order valence-electron chi connectivity index (χ4n) is 4.17.